The molecular formula is C16H31N3O. The molecule has 2 rings (SSSR count). The summed E-state index contributed by atoms with van der Waals surface area (Å²) in [6, 6.07) is 0. The molecule has 0 atom stereocenters. The molecule has 20 heavy (non-hydrogen) atoms. The van der Waals surface area contributed by atoms with E-state index in [1.807, 2.05) is 14.0 Å². The van der Waals surface area contributed by atoms with Crippen LogP contribution in [0.25, 0.3) is 0 Å². The molecule has 0 bridgehead atoms. The summed E-state index contributed by atoms with van der Waals surface area (Å²) in [5.41, 5.74) is 0.618. The molecule has 2 aliphatic rings. The fourth-order valence-electron chi connectivity index (χ4n) is 3.65. The summed E-state index contributed by atoms with van der Waals surface area (Å²) in [5.74, 6) is 1.10. The molecule has 0 unspecified atom stereocenters. The van der Waals surface area contributed by atoms with Crippen molar-refractivity contribution in [1.82, 2.24) is 10.2 Å². The van der Waals surface area contributed by atoms with Gasteiger partial charge in [-0.15, -0.1) is 0 Å². The fraction of sp³-hybridized carbons (Fsp3) is 0.938. The van der Waals surface area contributed by atoms with E-state index in [0.717, 1.165) is 38.6 Å². The van der Waals surface area contributed by atoms with Gasteiger partial charge >= 0.3 is 0 Å². The molecule has 0 aromatic rings. The maximum Gasteiger partial charge on any atom is 0.193 e. The van der Waals surface area contributed by atoms with Crippen LogP contribution in [-0.2, 0) is 4.74 Å². The van der Waals surface area contributed by atoms with Crippen LogP contribution in [0.1, 0.15) is 51.9 Å². The van der Waals surface area contributed by atoms with Crippen LogP contribution in [0.5, 0.6) is 0 Å². The van der Waals surface area contributed by atoms with Crippen molar-refractivity contribution < 1.29 is 4.74 Å². The molecule has 116 valence electrons. The molecule has 0 aromatic carbocycles. The molecule has 1 saturated heterocycles. The van der Waals surface area contributed by atoms with Crippen molar-refractivity contribution in [2.45, 2.75) is 51.9 Å². The van der Waals surface area contributed by atoms with Crippen LogP contribution in [0.15, 0.2) is 4.99 Å². The van der Waals surface area contributed by atoms with Crippen LogP contribution in [0, 0.1) is 5.41 Å². The lowest BCUT2D eigenvalue weighted by atomic mass is 9.86. The zero-order chi connectivity index (χ0) is 14.3. The highest BCUT2D eigenvalue weighted by molar-refractivity contribution is 5.80. The third kappa shape index (κ3) is 4.11. The minimum absolute atomic E-state index is 0.618. The maximum atomic E-state index is 5.36. The molecule has 1 N–H and O–H groups in total. The van der Waals surface area contributed by atoms with Gasteiger partial charge in [-0.1, -0.05) is 12.8 Å². The Labute approximate surface area is 124 Å². The third-order valence-electron chi connectivity index (χ3n) is 4.82. The van der Waals surface area contributed by atoms with E-state index < -0.39 is 0 Å². The second-order valence-corrected chi connectivity index (χ2v) is 6.26. The number of hydrogen-bond donors (Lipinski definition) is 1. The minimum atomic E-state index is 0.618. The quantitative estimate of drug-likeness (QED) is 0.462. The van der Waals surface area contributed by atoms with Crippen LogP contribution in [-0.4, -0.2) is 50.8 Å². The molecule has 4 nitrogen and oxygen atoms in total. The number of hydrogen-bond acceptors (Lipinski definition) is 2. The highest BCUT2D eigenvalue weighted by Gasteiger charge is 2.40. The highest BCUT2D eigenvalue weighted by Crippen LogP contribution is 2.45. The molecule has 1 saturated carbocycles. The monoisotopic (exact) mass is 281 g/mol. The summed E-state index contributed by atoms with van der Waals surface area (Å²) in [7, 11) is 1.90. The van der Waals surface area contributed by atoms with Gasteiger partial charge in [0.25, 0.3) is 0 Å². The van der Waals surface area contributed by atoms with Gasteiger partial charge < -0.3 is 15.0 Å². The molecule has 1 aliphatic carbocycles. The molecule has 1 spiro atoms. The van der Waals surface area contributed by atoms with Crippen molar-refractivity contribution in [2.75, 3.05) is 39.9 Å². The van der Waals surface area contributed by atoms with Crippen molar-refractivity contribution in [2.24, 2.45) is 10.4 Å². The first-order valence-electron chi connectivity index (χ1n) is 8.33. The average molecular weight is 281 g/mol. The van der Waals surface area contributed by atoms with Gasteiger partial charge in [-0.2, -0.15) is 0 Å². The first kappa shape index (κ1) is 15.6. The van der Waals surface area contributed by atoms with Crippen molar-refractivity contribution in [3.05, 3.63) is 0 Å². The number of nitrogens with one attached hydrogen (secondary N) is 1. The van der Waals surface area contributed by atoms with Gasteiger partial charge in [0.15, 0.2) is 5.96 Å². The summed E-state index contributed by atoms with van der Waals surface area (Å²) in [6.45, 7) is 7.15. The Bertz CT molecular complexity index is 311. The van der Waals surface area contributed by atoms with Crippen LogP contribution in [0.2, 0.25) is 0 Å². The number of ether oxygens (including phenoxy) is 1. The second-order valence-electron chi connectivity index (χ2n) is 6.26. The Morgan fingerprint density at radius 1 is 1.25 bits per heavy atom. The summed E-state index contributed by atoms with van der Waals surface area (Å²) in [5, 5.41) is 3.52. The zero-order valence-corrected chi connectivity index (χ0v) is 13.3. The predicted octanol–water partition coefficient (Wildman–Crippen LogP) is 2.64. The van der Waals surface area contributed by atoms with E-state index in [0.29, 0.717) is 5.41 Å². The Morgan fingerprint density at radius 2 is 2.05 bits per heavy atom. The highest BCUT2D eigenvalue weighted by atomic mass is 16.5. The van der Waals surface area contributed by atoms with Gasteiger partial charge in [0.2, 0.25) is 0 Å². The van der Waals surface area contributed by atoms with E-state index in [-0.39, 0.29) is 0 Å². The van der Waals surface area contributed by atoms with Crippen LogP contribution in [0.4, 0.5) is 0 Å². The molecular weight excluding hydrogens is 250 g/mol. The lowest BCUT2D eigenvalue weighted by Crippen LogP contribution is -2.41. The first-order chi connectivity index (χ1) is 9.79. The van der Waals surface area contributed by atoms with E-state index in [1.54, 1.807) is 0 Å². The largest absolute Gasteiger partial charge is 0.382 e. The van der Waals surface area contributed by atoms with E-state index in [1.165, 1.54) is 45.2 Å². The average Bonchev–Trinajstić information content (AvgIpc) is 3.09. The molecule has 1 heterocycles. The Morgan fingerprint density at radius 3 is 2.75 bits per heavy atom. The van der Waals surface area contributed by atoms with Gasteiger partial charge in [-0.25, -0.2) is 0 Å². The lowest BCUT2D eigenvalue weighted by molar-refractivity contribution is 0.143. The van der Waals surface area contributed by atoms with Gasteiger partial charge in [-0.05, 0) is 44.4 Å². The van der Waals surface area contributed by atoms with Crippen molar-refractivity contribution in [3.63, 3.8) is 0 Å². The summed E-state index contributed by atoms with van der Waals surface area (Å²) < 4.78 is 5.36. The smallest absolute Gasteiger partial charge is 0.193 e. The standard InChI is InChI=1S/C16H31N3O/c1-3-20-13-7-6-11-18-15(17-2)19-12-10-16(14-19)8-4-5-9-16/h3-14H2,1-2H3,(H,17,18). The predicted molar refractivity (Wildman–Crippen MR) is 84.2 cm³/mol. The molecule has 0 radical (unpaired) electrons. The number of rotatable bonds is 6. The third-order valence-corrected chi connectivity index (χ3v) is 4.82. The topological polar surface area (TPSA) is 36.9 Å². The van der Waals surface area contributed by atoms with Gasteiger partial charge in [0, 0.05) is 39.9 Å². The Balaban J connectivity index is 1.67. The van der Waals surface area contributed by atoms with Crippen LogP contribution >= 0.6 is 0 Å². The molecule has 2 fully saturated rings. The summed E-state index contributed by atoms with van der Waals surface area (Å²) in [4.78, 5) is 6.92. The second kappa shape index (κ2) is 7.87. The zero-order valence-electron chi connectivity index (χ0n) is 13.3. The first-order valence-corrected chi connectivity index (χ1v) is 8.33. The number of unbranched alkanes of at least 4 members (excludes halogenated alkanes) is 1. The normalized spacial score (nSPS) is 21.9. The van der Waals surface area contributed by atoms with E-state index in [2.05, 4.69) is 15.2 Å². The Hall–Kier alpha value is -0.770. The fourth-order valence-corrected chi connectivity index (χ4v) is 3.65. The number of nitrogens with zero attached hydrogens (tertiary/aromatic N) is 2. The van der Waals surface area contributed by atoms with Crippen molar-refractivity contribution in [3.8, 4) is 0 Å². The minimum Gasteiger partial charge on any atom is -0.382 e. The van der Waals surface area contributed by atoms with E-state index in [9.17, 15) is 0 Å². The summed E-state index contributed by atoms with van der Waals surface area (Å²) >= 11 is 0. The molecule has 1 aliphatic heterocycles. The molecule has 4 heteroatoms. The summed E-state index contributed by atoms with van der Waals surface area (Å²) in [6.07, 6.45) is 9.34. The van der Waals surface area contributed by atoms with Gasteiger partial charge in [0.1, 0.15) is 0 Å². The van der Waals surface area contributed by atoms with Crippen LogP contribution < -0.4 is 5.32 Å². The van der Waals surface area contributed by atoms with Crippen molar-refractivity contribution >= 4 is 5.96 Å². The van der Waals surface area contributed by atoms with Gasteiger partial charge in [-0.3, -0.25) is 4.99 Å². The van der Waals surface area contributed by atoms with Gasteiger partial charge in [0.05, 0.1) is 0 Å². The lowest BCUT2D eigenvalue weighted by Gasteiger charge is -2.25. The molecule has 0 amide bonds. The number of likely N-dealkylation sites (tertiary alicyclic amines) is 1. The van der Waals surface area contributed by atoms with Crippen LogP contribution in [0.3, 0.4) is 0 Å². The molecule has 0 aromatic heterocycles. The van der Waals surface area contributed by atoms with E-state index in [4.69, 9.17) is 4.74 Å². The number of aliphatic imine (C=N–C) groups is 1. The maximum absolute atomic E-state index is 5.36. The Kier molecular flexibility index (Phi) is 6.14. The SMILES string of the molecule is CCOCCCCNC(=NC)N1CCC2(CCCC2)C1. The van der Waals surface area contributed by atoms with E-state index >= 15 is 0 Å². The van der Waals surface area contributed by atoms with Crippen molar-refractivity contribution in [1.29, 1.82) is 0 Å². The number of guanidine groups is 1.